The summed E-state index contributed by atoms with van der Waals surface area (Å²) in [5, 5.41) is 0. The Kier molecular flexibility index (Phi) is 3.64. The van der Waals surface area contributed by atoms with Gasteiger partial charge in [0.25, 0.3) is 0 Å². The van der Waals surface area contributed by atoms with Crippen LogP contribution >= 0.6 is 12.2 Å². The van der Waals surface area contributed by atoms with Crippen LogP contribution in [0.2, 0.25) is 0 Å². The van der Waals surface area contributed by atoms with Gasteiger partial charge >= 0.3 is 0 Å². The fourth-order valence-electron chi connectivity index (χ4n) is 3.07. The predicted octanol–water partition coefficient (Wildman–Crippen LogP) is 3.42. The lowest BCUT2D eigenvalue weighted by molar-refractivity contribution is 0.757. The summed E-state index contributed by atoms with van der Waals surface area (Å²) >= 11 is 5.26. The van der Waals surface area contributed by atoms with E-state index >= 15 is 0 Å². The van der Waals surface area contributed by atoms with Crippen LogP contribution in [0.5, 0.6) is 0 Å². The van der Waals surface area contributed by atoms with Crippen molar-refractivity contribution in [2.75, 3.05) is 11.4 Å². The van der Waals surface area contributed by atoms with Gasteiger partial charge in [-0.15, -0.1) is 0 Å². The topological polar surface area (TPSA) is 42.1 Å². The monoisotopic (exact) mass is 297 g/mol. The van der Waals surface area contributed by atoms with E-state index in [1.165, 1.54) is 11.3 Å². The number of hydrogen-bond donors (Lipinski definition) is 1. The number of hydrogen-bond acceptors (Lipinski definition) is 3. The van der Waals surface area contributed by atoms with Crippen molar-refractivity contribution in [3.05, 3.63) is 52.7 Å². The summed E-state index contributed by atoms with van der Waals surface area (Å²) < 4.78 is 0. The third-order valence-electron chi connectivity index (χ3n) is 3.94. The Morgan fingerprint density at radius 1 is 1.29 bits per heavy atom. The molecule has 0 amide bonds. The van der Waals surface area contributed by atoms with Gasteiger partial charge in [0.1, 0.15) is 10.8 Å². The van der Waals surface area contributed by atoms with Crippen molar-refractivity contribution in [3.8, 4) is 0 Å². The molecule has 0 atom stereocenters. The van der Waals surface area contributed by atoms with Gasteiger partial charge in [0, 0.05) is 17.9 Å². The minimum absolute atomic E-state index is 0.415. The zero-order valence-electron chi connectivity index (χ0n) is 12.4. The van der Waals surface area contributed by atoms with Crippen molar-refractivity contribution in [2.45, 2.75) is 26.7 Å². The van der Waals surface area contributed by atoms with Gasteiger partial charge in [0.15, 0.2) is 0 Å². The molecule has 1 aromatic heterocycles. The molecule has 4 heteroatoms. The molecule has 0 spiro atoms. The molecule has 0 radical (unpaired) electrons. The fourth-order valence-corrected chi connectivity index (χ4v) is 3.32. The number of nitrogens with zero attached hydrogens (tertiary/aromatic N) is 2. The van der Waals surface area contributed by atoms with E-state index in [0.717, 1.165) is 42.0 Å². The lowest BCUT2D eigenvalue weighted by Crippen LogP contribution is -2.28. The molecule has 1 aliphatic rings. The van der Waals surface area contributed by atoms with Gasteiger partial charge < -0.3 is 10.6 Å². The van der Waals surface area contributed by atoms with Gasteiger partial charge in [0.2, 0.25) is 0 Å². The minimum atomic E-state index is 0.415. The van der Waals surface area contributed by atoms with E-state index in [-0.39, 0.29) is 0 Å². The summed E-state index contributed by atoms with van der Waals surface area (Å²) in [6.07, 6.45) is 2.22. The van der Waals surface area contributed by atoms with Crippen molar-refractivity contribution in [1.29, 1.82) is 0 Å². The normalized spacial score (nSPS) is 13.9. The Balaban J connectivity index is 2.20. The van der Waals surface area contributed by atoms with Crippen LogP contribution in [0.3, 0.4) is 0 Å². The van der Waals surface area contributed by atoms with Crippen molar-refractivity contribution < 1.29 is 0 Å². The summed E-state index contributed by atoms with van der Waals surface area (Å²) in [7, 11) is 0. The lowest BCUT2D eigenvalue weighted by Gasteiger charge is -2.32. The first kappa shape index (κ1) is 14.0. The van der Waals surface area contributed by atoms with Gasteiger partial charge in [-0.3, -0.25) is 0 Å². The number of fused-ring (bicyclic) bond motifs is 1. The first-order valence-corrected chi connectivity index (χ1v) is 7.62. The maximum atomic E-state index is 5.96. The number of nitrogens with two attached hydrogens (primary N) is 1. The number of anilines is 2. The first-order chi connectivity index (χ1) is 10.1. The Hall–Kier alpha value is -1.94. The quantitative estimate of drug-likeness (QED) is 0.863. The smallest absolute Gasteiger partial charge is 0.143 e. The molecular formula is C17H19N3S. The van der Waals surface area contributed by atoms with Crippen LogP contribution in [-0.4, -0.2) is 16.5 Å². The summed E-state index contributed by atoms with van der Waals surface area (Å²) in [5.41, 5.74) is 11.5. The SMILES string of the molecule is Cc1cc(C)c(C(N)=S)c(N2CCCc3ccccc32)n1. The molecule has 0 saturated heterocycles. The summed E-state index contributed by atoms with van der Waals surface area (Å²) in [5.74, 6) is 0.896. The molecule has 0 saturated carbocycles. The summed E-state index contributed by atoms with van der Waals surface area (Å²) in [6, 6.07) is 10.5. The zero-order chi connectivity index (χ0) is 15.0. The highest BCUT2D eigenvalue weighted by Gasteiger charge is 2.23. The highest BCUT2D eigenvalue weighted by Crippen LogP contribution is 2.35. The average molecular weight is 297 g/mol. The molecule has 3 nitrogen and oxygen atoms in total. The molecule has 1 aromatic carbocycles. The number of thiocarbonyl (C=S) groups is 1. The second-order valence-corrected chi connectivity index (χ2v) is 5.97. The number of aryl methyl sites for hydroxylation is 3. The molecule has 0 aliphatic carbocycles. The third kappa shape index (κ3) is 2.51. The minimum Gasteiger partial charge on any atom is -0.389 e. The van der Waals surface area contributed by atoms with Crippen molar-refractivity contribution >= 4 is 28.7 Å². The second-order valence-electron chi connectivity index (χ2n) is 5.53. The Morgan fingerprint density at radius 3 is 2.81 bits per heavy atom. The van der Waals surface area contributed by atoms with Gasteiger partial charge in [0.05, 0.1) is 5.56 Å². The average Bonchev–Trinajstić information content (AvgIpc) is 2.45. The van der Waals surface area contributed by atoms with Gasteiger partial charge in [-0.1, -0.05) is 30.4 Å². The van der Waals surface area contributed by atoms with E-state index < -0.39 is 0 Å². The van der Waals surface area contributed by atoms with Gasteiger partial charge in [-0.05, 0) is 49.9 Å². The van der Waals surface area contributed by atoms with Gasteiger partial charge in [-0.2, -0.15) is 0 Å². The Bertz CT molecular complexity index is 709. The number of aromatic nitrogens is 1. The van der Waals surface area contributed by atoms with Crippen molar-refractivity contribution in [1.82, 2.24) is 4.98 Å². The van der Waals surface area contributed by atoms with Gasteiger partial charge in [-0.25, -0.2) is 4.98 Å². The van der Waals surface area contributed by atoms with E-state index in [9.17, 15) is 0 Å². The van der Waals surface area contributed by atoms with E-state index in [2.05, 4.69) is 29.2 Å². The van der Waals surface area contributed by atoms with E-state index in [1.54, 1.807) is 0 Å². The molecule has 2 heterocycles. The predicted molar refractivity (Wildman–Crippen MR) is 91.4 cm³/mol. The molecule has 108 valence electrons. The van der Waals surface area contributed by atoms with Crippen LogP contribution in [0, 0.1) is 13.8 Å². The van der Waals surface area contributed by atoms with Crippen LogP contribution in [0.25, 0.3) is 0 Å². The summed E-state index contributed by atoms with van der Waals surface area (Å²) in [4.78, 5) is 7.41. The number of rotatable bonds is 2. The highest BCUT2D eigenvalue weighted by molar-refractivity contribution is 7.80. The van der Waals surface area contributed by atoms with E-state index in [0.29, 0.717) is 4.99 Å². The zero-order valence-corrected chi connectivity index (χ0v) is 13.2. The Morgan fingerprint density at radius 2 is 2.05 bits per heavy atom. The Labute approximate surface area is 130 Å². The molecule has 21 heavy (non-hydrogen) atoms. The molecule has 3 rings (SSSR count). The van der Waals surface area contributed by atoms with Crippen LogP contribution < -0.4 is 10.6 Å². The largest absolute Gasteiger partial charge is 0.389 e. The van der Waals surface area contributed by atoms with Crippen molar-refractivity contribution in [3.63, 3.8) is 0 Å². The van der Waals surface area contributed by atoms with Crippen molar-refractivity contribution in [2.24, 2.45) is 5.73 Å². The lowest BCUT2D eigenvalue weighted by atomic mass is 10.0. The van der Waals surface area contributed by atoms with Crippen LogP contribution in [0.15, 0.2) is 30.3 Å². The highest BCUT2D eigenvalue weighted by atomic mass is 32.1. The van der Waals surface area contributed by atoms with E-state index in [1.807, 2.05) is 19.9 Å². The second kappa shape index (κ2) is 5.45. The molecule has 0 unspecified atom stereocenters. The molecule has 2 aromatic rings. The third-order valence-corrected chi connectivity index (χ3v) is 4.14. The first-order valence-electron chi connectivity index (χ1n) is 7.21. The number of benzene rings is 1. The maximum absolute atomic E-state index is 5.96. The van der Waals surface area contributed by atoms with Crippen LogP contribution in [-0.2, 0) is 6.42 Å². The summed E-state index contributed by atoms with van der Waals surface area (Å²) in [6.45, 7) is 5.00. The molecule has 1 aliphatic heterocycles. The van der Waals surface area contributed by atoms with Crippen LogP contribution in [0.4, 0.5) is 11.5 Å². The number of para-hydroxylation sites is 1. The molecule has 2 N–H and O–H groups in total. The molecule has 0 fully saturated rings. The standard InChI is InChI=1S/C17H19N3S/c1-11-10-12(2)19-17(15(11)16(18)21)20-9-5-7-13-6-3-4-8-14(13)20/h3-4,6,8,10H,5,7,9H2,1-2H3,(H2,18,21). The van der Waals surface area contributed by atoms with Crippen LogP contribution in [0.1, 0.15) is 28.8 Å². The molecular weight excluding hydrogens is 278 g/mol. The maximum Gasteiger partial charge on any atom is 0.143 e. The fraction of sp³-hybridized carbons (Fsp3) is 0.294. The number of pyridine rings is 1. The van der Waals surface area contributed by atoms with E-state index in [4.69, 9.17) is 22.9 Å². The molecule has 0 bridgehead atoms.